The molecule has 2 aromatic rings. The van der Waals surface area contributed by atoms with E-state index in [4.69, 9.17) is 4.74 Å². The van der Waals surface area contributed by atoms with Crippen molar-refractivity contribution in [1.29, 1.82) is 0 Å². The summed E-state index contributed by atoms with van der Waals surface area (Å²) in [7, 11) is 1.71. The van der Waals surface area contributed by atoms with E-state index in [-0.39, 0.29) is 0 Å². The predicted octanol–water partition coefficient (Wildman–Crippen LogP) is 4.75. The van der Waals surface area contributed by atoms with Gasteiger partial charge in [0, 0.05) is 30.2 Å². The number of rotatable bonds is 9. The number of pyridine rings is 1. The van der Waals surface area contributed by atoms with E-state index in [1.165, 1.54) is 57.9 Å². The highest BCUT2D eigenvalue weighted by molar-refractivity contribution is 5.91. The normalized spacial score (nSPS) is 17.6. The molecular formula is C21H31N3O. The van der Waals surface area contributed by atoms with Crippen LogP contribution in [0.1, 0.15) is 51.4 Å². The smallest absolute Gasteiger partial charge is 0.121 e. The Morgan fingerprint density at radius 1 is 1.20 bits per heavy atom. The molecule has 0 bridgehead atoms. The number of anilines is 1. The Morgan fingerprint density at radius 3 is 2.96 bits per heavy atom. The van der Waals surface area contributed by atoms with Gasteiger partial charge in [0.1, 0.15) is 5.75 Å². The summed E-state index contributed by atoms with van der Waals surface area (Å²) >= 11 is 0. The Bertz CT molecular complexity index is 653. The topological polar surface area (TPSA) is 46.2 Å². The number of methoxy groups -OCH3 is 1. The molecular weight excluding hydrogens is 310 g/mol. The second kappa shape index (κ2) is 9.62. The van der Waals surface area contributed by atoms with E-state index >= 15 is 0 Å². The van der Waals surface area contributed by atoms with Crippen LogP contribution in [0.25, 0.3) is 10.9 Å². The molecule has 1 aliphatic heterocycles. The number of piperidine rings is 1. The Morgan fingerprint density at radius 2 is 2.12 bits per heavy atom. The fraction of sp³-hybridized carbons (Fsp3) is 0.571. The minimum atomic E-state index is 0.779. The van der Waals surface area contributed by atoms with Gasteiger partial charge in [-0.3, -0.25) is 4.98 Å². The molecule has 0 spiro atoms. The number of unbranched alkanes of at least 4 members (excludes halogenated alkanes) is 3. The van der Waals surface area contributed by atoms with Gasteiger partial charge in [0.15, 0.2) is 0 Å². The molecule has 4 heteroatoms. The summed E-state index contributed by atoms with van der Waals surface area (Å²) in [6, 6.07) is 8.90. The Balaban J connectivity index is 1.39. The monoisotopic (exact) mass is 341 g/mol. The van der Waals surface area contributed by atoms with Crippen LogP contribution in [-0.2, 0) is 0 Å². The van der Waals surface area contributed by atoms with Crippen molar-refractivity contribution in [2.45, 2.75) is 57.4 Å². The Kier molecular flexibility index (Phi) is 6.92. The maximum atomic E-state index is 5.41. The minimum absolute atomic E-state index is 0.779. The first-order chi connectivity index (χ1) is 12.4. The van der Waals surface area contributed by atoms with Crippen LogP contribution >= 0.6 is 0 Å². The summed E-state index contributed by atoms with van der Waals surface area (Å²) in [4.78, 5) is 4.51. The van der Waals surface area contributed by atoms with Crippen molar-refractivity contribution in [3.05, 3.63) is 30.5 Å². The lowest BCUT2D eigenvalue weighted by atomic mass is 9.99. The van der Waals surface area contributed by atoms with Crippen LogP contribution in [0.3, 0.4) is 0 Å². The molecule has 1 fully saturated rings. The molecule has 0 aliphatic carbocycles. The highest BCUT2D eigenvalue weighted by atomic mass is 16.5. The van der Waals surface area contributed by atoms with Gasteiger partial charge in [0.05, 0.1) is 18.3 Å². The van der Waals surface area contributed by atoms with Crippen molar-refractivity contribution < 1.29 is 4.74 Å². The van der Waals surface area contributed by atoms with Gasteiger partial charge in [-0.2, -0.15) is 0 Å². The van der Waals surface area contributed by atoms with Crippen LogP contribution < -0.4 is 15.4 Å². The molecule has 2 N–H and O–H groups in total. The number of hydrogen-bond acceptors (Lipinski definition) is 4. The molecule has 0 radical (unpaired) electrons. The summed E-state index contributed by atoms with van der Waals surface area (Å²) in [6.07, 6.45) is 12.5. The van der Waals surface area contributed by atoms with Gasteiger partial charge in [0.25, 0.3) is 0 Å². The van der Waals surface area contributed by atoms with Crippen LogP contribution in [0.15, 0.2) is 30.5 Å². The minimum Gasteiger partial charge on any atom is -0.497 e. The first-order valence-electron chi connectivity index (χ1n) is 9.77. The second-order valence-electron chi connectivity index (χ2n) is 7.03. The summed E-state index contributed by atoms with van der Waals surface area (Å²) in [6.45, 7) is 2.21. The Labute approximate surface area is 151 Å². The number of nitrogens with zero attached hydrogens (tertiary/aromatic N) is 1. The molecule has 0 saturated carbocycles. The first kappa shape index (κ1) is 18.0. The molecule has 1 aromatic carbocycles. The van der Waals surface area contributed by atoms with Crippen molar-refractivity contribution >= 4 is 16.6 Å². The molecule has 25 heavy (non-hydrogen) atoms. The number of hydrogen-bond donors (Lipinski definition) is 2. The van der Waals surface area contributed by atoms with Gasteiger partial charge < -0.3 is 15.4 Å². The molecule has 1 aromatic heterocycles. The number of benzene rings is 1. The van der Waals surface area contributed by atoms with Gasteiger partial charge >= 0.3 is 0 Å². The number of fused-ring (bicyclic) bond motifs is 1. The number of ether oxygens (including phenoxy) is 1. The number of aromatic nitrogens is 1. The third-order valence-electron chi connectivity index (χ3n) is 5.12. The molecule has 0 unspecified atom stereocenters. The largest absolute Gasteiger partial charge is 0.497 e. The highest BCUT2D eigenvalue weighted by Gasteiger charge is 2.11. The van der Waals surface area contributed by atoms with Crippen molar-refractivity contribution in [2.24, 2.45) is 0 Å². The van der Waals surface area contributed by atoms with E-state index < -0.39 is 0 Å². The maximum Gasteiger partial charge on any atom is 0.121 e. The molecule has 4 nitrogen and oxygen atoms in total. The molecule has 2 heterocycles. The molecule has 1 saturated heterocycles. The summed E-state index contributed by atoms with van der Waals surface area (Å²) in [5.41, 5.74) is 2.09. The molecule has 3 rings (SSSR count). The van der Waals surface area contributed by atoms with E-state index in [1.807, 2.05) is 24.4 Å². The van der Waals surface area contributed by atoms with Crippen LogP contribution in [0, 0.1) is 0 Å². The average Bonchev–Trinajstić information content (AvgIpc) is 2.67. The van der Waals surface area contributed by atoms with E-state index in [2.05, 4.69) is 21.7 Å². The van der Waals surface area contributed by atoms with E-state index in [1.54, 1.807) is 7.11 Å². The van der Waals surface area contributed by atoms with Crippen molar-refractivity contribution in [3.63, 3.8) is 0 Å². The molecule has 1 atom stereocenters. The Hall–Kier alpha value is -1.81. The van der Waals surface area contributed by atoms with Crippen LogP contribution in [0.5, 0.6) is 5.75 Å². The standard InChI is InChI=1S/C21H31N3O/c1-25-19-15-17-9-8-14-24-21(17)20(16-19)23-13-6-3-2-4-10-18-11-5-7-12-22-18/h8-9,14-16,18,22-23H,2-7,10-13H2,1H3/t18-/m0/s1. The first-order valence-corrected chi connectivity index (χ1v) is 9.77. The lowest BCUT2D eigenvalue weighted by Gasteiger charge is -2.23. The van der Waals surface area contributed by atoms with Crippen molar-refractivity contribution in [2.75, 3.05) is 25.5 Å². The fourth-order valence-corrected chi connectivity index (χ4v) is 3.68. The third-order valence-corrected chi connectivity index (χ3v) is 5.12. The molecule has 0 amide bonds. The van der Waals surface area contributed by atoms with E-state index in [0.717, 1.165) is 34.9 Å². The average molecular weight is 341 g/mol. The lowest BCUT2D eigenvalue weighted by molar-refractivity contribution is 0.371. The quantitative estimate of drug-likeness (QED) is 0.646. The van der Waals surface area contributed by atoms with Gasteiger partial charge in [-0.15, -0.1) is 0 Å². The van der Waals surface area contributed by atoms with Gasteiger partial charge in [-0.1, -0.05) is 31.7 Å². The van der Waals surface area contributed by atoms with E-state index in [9.17, 15) is 0 Å². The third kappa shape index (κ3) is 5.33. The van der Waals surface area contributed by atoms with Crippen LogP contribution in [-0.4, -0.2) is 31.2 Å². The molecule has 136 valence electrons. The summed E-state index contributed by atoms with van der Waals surface area (Å²) in [5.74, 6) is 0.878. The van der Waals surface area contributed by atoms with Gasteiger partial charge in [-0.05, 0) is 44.4 Å². The van der Waals surface area contributed by atoms with E-state index in [0.29, 0.717) is 0 Å². The van der Waals surface area contributed by atoms with Crippen molar-refractivity contribution in [3.8, 4) is 5.75 Å². The fourth-order valence-electron chi connectivity index (χ4n) is 3.68. The predicted molar refractivity (Wildman–Crippen MR) is 106 cm³/mol. The second-order valence-corrected chi connectivity index (χ2v) is 7.03. The van der Waals surface area contributed by atoms with Crippen LogP contribution in [0.2, 0.25) is 0 Å². The lowest BCUT2D eigenvalue weighted by Crippen LogP contribution is -2.33. The SMILES string of the molecule is COc1cc(NCCCCCC[C@H]2CCCCN2)c2ncccc2c1. The summed E-state index contributed by atoms with van der Waals surface area (Å²) < 4.78 is 5.41. The maximum absolute atomic E-state index is 5.41. The highest BCUT2D eigenvalue weighted by Crippen LogP contribution is 2.27. The zero-order valence-corrected chi connectivity index (χ0v) is 15.4. The van der Waals surface area contributed by atoms with Gasteiger partial charge in [0.2, 0.25) is 0 Å². The number of nitrogens with one attached hydrogen (secondary N) is 2. The summed E-state index contributed by atoms with van der Waals surface area (Å²) in [5, 5.41) is 8.30. The van der Waals surface area contributed by atoms with Crippen LogP contribution in [0.4, 0.5) is 5.69 Å². The zero-order valence-electron chi connectivity index (χ0n) is 15.4. The van der Waals surface area contributed by atoms with Crippen molar-refractivity contribution in [1.82, 2.24) is 10.3 Å². The molecule has 1 aliphatic rings. The zero-order chi connectivity index (χ0) is 17.3. The van der Waals surface area contributed by atoms with Gasteiger partial charge in [-0.25, -0.2) is 0 Å².